The predicted molar refractivity (Wildman–Crippen MR) is 79.4 cm³/mol. The molecule has 5 heteroatoms. The molecule has 1 fully saturated rings. The molecule has 0 heterocycles. The number of amides is 1. The van der Waals surface area contributed by atoms with Crippen LogP contribution in [0.15, 0.2) is 18.2 Å². The average molecular weight is 277 g/mol. The summed E-state index contributed by atoms with van der Waals surface area (Å²) < 4.78 is 0. The van der Waals surface area contributed by atoms with Crippen LogP contribution in [-0.2, 0) is 0 Å². The number of nitrogens with two attached hydrogens (primary N) is 1. The number of carbonyl (C=O) groups is 1. The van der Waals surface area contributed by atoms with Gasteiger partial charge in [-0.1, -0.05) is 6.07 Å². The molecule has 20 heavy (non-hydrogen) atoms. The molecule has 0 unspecified atom stereocenters. The quantitative estimate of drug-likeness (QED) is 0.546. The third-order valence-corrected chi connectivity index (χ3v) is 3.89. The summed E-state index contributed by atoms with van der Waals surface area (Å²) in [6.45, 7) is 2.66. The Balaban J connectivity index is 2.21. The molecule has 1 aliphatic rings. The van der Waals surface area contributed by atoms with Gasteiger partial charge in [-0.3, -0.25) is 10.6 Å². The number of hydrogen-bond donors (Lipinski definition) is 3. The standard InChI is InChI=1S/C15H23N3O2/c1-11-6-7-13(14(10-11)17-16)15(20)18(8-3-9-19)12-4-2-5-12/h6-7,10,12,17,19H,2-5,8-9,16H2,1H3. The second-order valence-electron chi connectivity index (χ2n) is 5.35. The van der Waals surface area contributed by atoms with Crippen molar-refractivity contribution in [2.45, 2.75) is 38.6 Å². The fourth-order valence-corrected chi connectivity index (χ4v) is 2.51. The second-order valence-corrected chi connectivity index (χ2v) is 5.35. The number of nitrogens with one attached hydrogen (secondary N) is 1. The first-order valence-electron chi connectivity index (χ1n) is 7.16. The summed E-state index contributed by atoms with van der Waals surface area (Å²) in [5, 5.41) is 9.01. The van der Waals surface area contributed by atoms with Gasteiger partial charge in [-0.2, -0.15) is 0 Å². The molecule has 0 aromatic heterocycles. The molecule has 0 bridgehead atoms. The fraction of sp³-hybridized carbons (Fsp3) is 0.533. The molecular formula is C15H23N3O2. The van der Waals surface area contributed by atoms with Crippen LogP contribution in [0.2, 0.25) is 0 Å². The normalized spacial score (nSPS) is 14.8. The third-order valence-electron chi connectivity index (χ3n) is 3.89. The molecule has 0 saturated heterocycles. The van der Waals surface area contributed by atoms with Crippen molar-refractivity contribution in [1.29, 1.82) is 0 Å². The number of carbonyl (C=O) groups excluding carboxylic acids is 1. The van der Waals surface area contributed by atoms with Gasteiger partial charge in [-0.15, -0.1) is 0 Å². The number of aryl methyl sites for hydroxylation is 1. The summed E-state index contributed by atoms with van der Waals surface area (Å²) in [5.74, 6) is 5.52. The fourth-order valence-electron chi connectivity index (χ4n) is 2.51. The highest BCUT2D eigenvalue weighted by atomic mass is 16.3. The number of aliphatic hydroxyl groups is 1. The van der Waals surface area contributed by atoms with Gasteiger partial charge in [0.25, 0.3) is 5.91 Å². The van der Waals surface area contributed by atoms with Gasteiger partial charge in [-0.25, -0.2) is 0 Å². The van der Waals surface area contributed by atoms with E-state index in [2.05, 4.69) is 5.43 Å². The van der Waals surface area contributed by atoms with E-state index in [1.54, 1.807) is 0 Å². The summed E-state index contributed by atoms with van der Waals surface area (Å²) in [4.78, 5) is 14.6. The van der Waals surface area contributed by atoms with E-state index in [-0.39, 0.29) is 12.5 Å². The van der Waals surface area contributed by atoms with Crippen molar-refractivity contribution < 1.29 is 9.90 Å². The average Bonchev–Trinajstić information content (AvgIpc) is 2.40. The molecule has 1 aliphatic carbocycles. The number of nitrogen functional groups attached to an aromatic ring is 1. The first kappa shape index (κ1) is 14.8. The van der Waals surface area contributed by atoms with Crippen molar-refractivity contribution in [3.63, 3.8) is 0 Å². The number of rotatable bonds is 6. The molecule has 1 saturated carbocycles. The van der Waals surface area contributed by atoms with E-state index in [1.807, 2.05) is 30.0 Å². The molecule has 0 aliphatic heterocycles. The van der Waals surface area contributed by atoms with E-state index in [1.165, 1.54) is 6.42 Å². The molecule has 1 amide bonds. The van der Waals surface area contributed by atoms with E-state index in [0.717, 1.165) is 18.4 Å². The van der Waals surface area contributed by atoms with Crippen LogP contribution in [0.3, 0.4) is 0 Å². The van der Waals surface area contributed by atoms with Gasteiger partial charge in [0, 0.05) is 19.2 Å². The highest BCUT2D eigenvalue weighted by Crippen LogP contribution is 2.28. The highest BCUT2D eigenvalue weighted by Gasteiger charge is 2.29. The maximum absolute atomic E-state index is 12.7. The Hall–Kier alpha value is -1.59. The number of anilines is 1. The molecule has 5 nitrogen and oxygen atoms in total. The second kappa shape index (κ2) is 6.72. The van der Waals surface area contributed by atoms with Crippen LogP contribution in [0, 0.1) is 6.92 Å². The number of aliphatic hydroxyl groups excluding tert-OH is 1. The maximum Gasteiger partial charge on any atom is 0.256 e. The highest BCUT2D eigenvalue weighted by molar-refractivity contribution is 5.99. The number of nitrogens with zero attached hydrogens (tertiary/aromatic N) is 1. The van der Waals surface area contributed by atoms with Crippen LogP contribution in [0.25, 0.3) is 0 Å². The molecule has 0 spiro atoms. The maximum atomic E-state index is 12.7. The Kier molecular flexibility index (Phi) is 4.98. The van der Waals surface area contributed by atoms with Gasteiger partial charge in [0.05, 0.1) is 11.3 Å². The van der Waals surface area contributed by atoms with E-state index < -0.39 is 0 Å². The van der Waals surface area contributed by atoms with E-state index in [4.69, 9.17) is 10.9 Å². The Morgan fingerprint density at radius 2 is 2.25 bits per heavy atom. The minimum atomic E-state index is -0.00361. The molecule has 110 valence electrons. The Morgan fingerprint density at radius 1 is 1.50 bits per heavy atom. The van der Waals surface area contributed by atoms with Crippen molar-refractivity contribution in [3.05, 3.63) is 29.3 Å². The van der Waals surface area contributed by atoms with E-state index in [0.29, 0.717) is 30.3 Å². The van der Waals surface area contributed by atoms with E-state index >= 15 is 0 Å². The molecule has 0 atom stereocenters. The Bertz CT molecular complexity index is 472. The molecule has 1 aromatic rings. The lowest BCUT2D eigenvalue weighted by atomic mass is 9.90. The lowest BCUT2D eigenvalue weighted by Gasteiger charge is -2.38. The SMILES string of the molecule is Cc1ccc(C(=O)N(CCCO)C2CCC2)c(NN)c1. The minimum Gasteiger partial charge on any atom is -0.396 e. The molecule has 1 aromatic carbocycles. The van der Waals surface area contributed by atoms with Crippen LogP contribution in [-0.4, -0.2) is 35.1 Å². The molecular weight excluding hydrogens is 254 g/mol. The van der Waals surface area contributed by atoms with Gasteiger partial charge in [-0.05, 0) is 50.3 Å². The largest absolute Gasteiger partial charge is 0.396 e. The van der Waals surface area contributed by atoms with Crippen LogP contribution in [0.1, 0.15) is 41.6 Å². The van der Waals surface area contributed by atoms with E-state index in [9.17, 15) is 4.79 Å². The molecule has 4 N–H and O–H groups in total. The summed E-state index contributed by atoms with van der Waals surface area (Å²) in [5.41, 5.74) is 4.92. The smallest absolute Gasteiger partial charge is 0.256 e. The molecule has 2 rings (SSSR count). The zero-order chi connectivity index (χ0) is 14.5. The van der Waals surface area contributed by atoms with Crippen molar-refractivity contribution in [2.24, 2.45) is 5.84 Å². The number of benzene rings is 1. The van der Waals surface area contributed by atoms with Gasteiger partial charge in [0.1, 0.15) is 0 Å². The summed E-state index contributed by atoms with van der Waals surface area (Å²) >= 11 is 0. The predicted octanol–water partition coefficient (Wildman–Crippen LogP) is 1.66. The van der Waals surface area contributed by atoms with Crippen molar-refractivity contribution in [1.82, 2.24) is 4.90 Å². The first-order chi connectivity index (χ1) is 9.67. The van der Waals surface area contributed by atoms with Gasteiger partial charge >= 0.3 is 0 Å². The van der Waals surface area contributed by atoms with Gasteiger partial charge in [0.2, 0.25) is 0 Å². The zero-order valence-corrected chi connectivity index (χ0v) is 11.9. The van der Waals surface area contributed by atoms with Crippen LogP contribution in [0.4, 0.5) is 5.69 Å². The van der Waals surface area contributed by atoms with Crippen LogP contribution >= 0.6 is 0 Å². The van der Waals surface area contributed by atoms with Crippen molar-refractivity contribution >= 4 is 11.6 Å². The van der Waals surface area contributed by atoms with Crippen LogP contribution < -0.4 is 11.3 Å². The van der Waals surface area contributed by atoms with Gasteiger partial charge < -0.3 is 15.4 Å². The molecule has 0 radical (unpaired) electrons. The number of hydrogen-bond acceptors (Lipinski definition) is 4. The first-order valence-corrected chi connectivity index (χ1v) is 7.16. The van der Waals surface area contributed by atoms with Crippen LogP contribution in [0.5, 0.6) is 0 Å². The van der Waals surface area contributed by atoms with Gasteiger partial charge in [0.15, 0.2) is 0 Å². The Labute approximate surface area is 119 Å². The van der Waals surface area contributed by atoms with Crippen molar-refractivity contribution in [3.8, 4) is 0 Å². The Morgan fingerprint density at radius 3 is 2.80 bits per heavy atom. The topological polar surface area (TPSA) is 78.6 Å². The number of hydrazine groups is 1. The lowest BCUT2D eigenvalue weighted by Crippen LogP contribution is -2.45. The van der Waals surface area contributed by atoms with Crippen molar-refractivity contribution in [2.75, 3.05) is 18.6 Å². The third kappa shape index (κ3) is 3.11. The minimum absolute atomic E-state index is 0.00361. The summed E-state index contributed by atoms with van der Waals surface area (Å²) in [6, 6.07) is 5.91. The summed E-state index contributed by atoms with van der Waals surface area (Å²) in [7, 11) is 0. The lowest BCUT2D eigenvalue weighted by molar-refractivity contribution is 0.0563. The zero-order valence-electron chi connectivity index (χ0n) is 11.9. The summed E-state index contributed by atoms with van der Waals surface area (Å²) in [6.07, 6.45) is 3.88. The monoisotopic (exact) mass is 277 g/mol.